The number of aliphatic hydroxyl groups is 10. The lowest BCUT2D eigenvalue weighted by Gasteiger charge is -2.41. The van der Waals surface area contributed by atoms with Crippen LogP contribution >= 0.6 is 0 Å². The van der Waals surface area contributed by atoms with Gasteiger partial charge < -0.3 is 60.5 Å². The molecule has 0 radical (unpaired) electrons. The molecule has 0 heterocycles. The number of hydrogen-bond donors (Lipinski definition) is 10. The maximum Gasteiger partial charge on any atom is 0.121 e. The standard InChI is InChI=1S/2C30H62O6/c2*1-3-5-7-9-11-13-15-17-19-21-23-30(35,28(34)26-32)29(27(33)25-31)36-24-22-20-18-16-14-12-10-8-6-4-2/h2*27-29,31-35H,3-26H2,1-2H3/t2*27-,28-,29-,30-/m11/s1. The van der Waals surface area contributed by atoms with Crippen LogP contribution in [0.15, 0.2) is 0 Å². The van der Waals surface area contributed by atoms with Crippen LogP contribution < -0.4 is 0 Å². The molecule has 0 unspecified atom stereocenters. The van der Waals surface area contributed by atoms with Crippen LogP contribution in [0, 0.1) is 0 Å². The molecule has 12 nitrogen and oxygen atoms in total. The van der Waals surface area contributed by atoms with Crippen LogP contribution in [-0.4, -0.2) is 139 Å². The van der Waals surface area contributed by atoms with Crippen molar-refractivity contribution in [3.05, 3.63) is 0 Å². The smallest absolute Gasteiger partial charge is 0.121 e. The minimum absolute atomic E-state index is 0.213. The van der Waals surface area contributed by atoms with Crippen molar-refractivity contribution in [2.75, 3.05) is 39.6 Å². The van der Waals surface area contributed by atoms with Crippen LogP contribution in [0.1, 0.15) is 297 Å². The molecule has 12 heteroatoms. The van der Waals surface area contributed by atoms with Gasteiger partial charge in [0.25, 0.3) is 0 Å². The lowest BCUT2D eigenvalue weighted by molar-refractivity contribution is -0.212. The second-order valence-corrected chi connectivity index (χ2v) is 21.7. The van der Waals surface area contributed by atoms with Crippen molar-refractivity contribution < 1.29 is 60.5 Å². The summed E-state index contributed by atoms with van der Waals surface area (Å²) < 4.78 is 11.7. The Labute approximate surface area is 443 Å². The van der Waals surface area contributed by atoms with Crippen LogP contribution in [0.2, 0.25) is 0 Å². The van der Waals surface area contributed by atoms with Crippen molar-refractivity contribution in [1.29, 1.82) is 0 Å². The van der Waals surface area contributed by atoms with Gasteiger partial charge >= 0.3 is 0 Å². The summed E-state index contributed by atoms with van der Waals surface area (Å²) in [6, 6.07) is 0. The molecule has 0 rings (SSSR count). The summed E-state index contributed by atoms with van der Waals surface area (Å²) in [5.74, 6) is 0. The van der Waals surface area contributed by atoms with Gasteiger partial charge in [-0.15, -0.1) is 0 Å². The fourth-order valence-electron chi connectivity index (χ4n) is 10.1. The summed E-state index contributed by atoms with van der Waals surface area (Å²) in [7, 11) is 0. The lowest BCUT2D eigenvalue weighted by atomic mass is 9.82. The lowest BCUT2D eigenvalue weighted by Crippen LogP contribution is -2.59. The maximum atomic E-state index is 11.3. The number of rotatable bonds is 56. The molecule has 0 spiro atoms. The summed E-state index contributed by atoms with van der Waals surface area (Å²) in [6.07, 6.45) is 39.5. The molecular formula is C60H124O12. The summed E-state index contributed by atoms with van der Waals surface area (Å²) in [4.78, 5) is 0. The number of ether oxygens (including phenoxy) is 2. The summed E-state index contributed by atoms with van der Waals surface area (Å²) >= 11 is 0. The van der Waals surface area contributed by atoms with Gasteiger partial charge in [-0.2, -0.15) is 0 Å². The van der Waals surface area contributed by atoms with Crippen LogP contribution in [0.4, 0.5) is 0 Å². The minimum Gasteiger partial charge on any atom is -0.394 e. The molecule has 8 atom stereocenters. The van der Waals surface area contributed by atoms with Crippen molar-refractivity contribution in [3.63, 3.8) is 0 Å². The van der Waals surface area contributed by atoms with Crippen molar-refractivity contribution in [3.8, 4) is 0 Å². The molecule has 0 saturated carbocycles. The van der Waals surface area contributed by atoms with E-state index in [1.807, 2.05) is 0 Å². The van der Waals surface area contributed by atoms with E-state index >= 15 is 0 Å². The van der Waals surface area contributed by atoms with Gasteiger partial charge in [-0.25, -0.2) is 0 Å². The first kappa shape index (κ1) is 73.6. The van der Waals surface area contributed by atoms with Crippen LogP contribution in [0.5, 0.6) is 0 Å². The highest BCUT2D eigenvalue weighted by atomic mass is 16.5. The Morgan fingerprint density at radius 1 is 0.278 bits per heavy atom. The quantitative estimate of drug-likeness (QED) is 0.0257. The fourth-order valence-corrected chi connectivity index (χ4v) is 10.1. The van der Waals surface area contributed by atoms with E-state index in [2.05, 4.69) is 27.7 Å². The molecule has 10 N–H and O–H groups in total. The molecule has 0 bridgehead atoms. The van der Waals surface area contributed by atoms with E-state index in [9.17, 15) is 51.1 Å². The van der Waals surface area contributed by atoms with Gasteiger partial charge in [0.2, 0.25) is 0 Å². The molecular weight excluding hydrogens is 913 g/mol. The van der Waals surface area contributed by atoms with Crippen LogP contribution in [-0.2, 0) is 9.47 Å². The molecule has 72 heavy (non-hydrogen) atoms. The predicted molar refractivity (Wildman–Crippen MR) is 298 cm³/mol. The summed E-state index contributed by atoms with van der Waals surface area (Å²) in [5, 5.41) is 103. The topological polar surface area (TPSA) is 221 Å². The monoisotopic (exact) mass is 1040 g/mol. The van der Waals surface area contributed by atoms with E-state index in [4.69, 9.17) is 9.47 Å². The molecule has 0 saturated heterocycles. The van der Waals surface area contributed by atoms with Crippen LogP contribution in [0.25, 0.3) is 0 Å². The SMILES string of the molecule is CCCCCCCCCCCCO[C@H]([C@H](O)CO)[C@@](O)(CCCCCCCCCCCC)[C@H](O)CO.CCCCCCCCCCCCO[C@H]([C@H](O)CO)[C@@](O)(CCCCCCCCCCCC)[C@H](O)CO. The minimum atomic E-state index is -1.80. The van der Waals surface area contributed by atoms with E-state index in [1.165, 1.54) is 167 Å². The van der Waals surface area contributed by atoms with Gasteiger partial charge in [0, 0.05) is 13.2 Å². The fraction of sp³-hybridized carbons (Fsp3) is 1.00. The van der Waals surface area contributed by atoms with Crippen molar-refractivity contribution in [2.45, 2.75) is 345 Å². The predicted octanol–water partition coefficient (Wildman–Crippen LogP) is 12.1. The third kappa shape index (κ3) is 39.0. The van der Waals surface area contributed by atoms with Gasteiger partial charge in [-0.05, 0) is 25.7 Å². The highest BCUT2D eigenvalue weighted by Crippen LogP contribution is 2.31. The normalized spacial score (nSPS) is 16.1. The zero-order chi connectivity index (χ0) is 53.8. The van der Waals surface area contributed by atoms with Crippen molar-refractivity contribution >= 4 is 0 Å². The second kappa shape index (κ2) is 53.9. The highest BCUT2D eigenvalue weighted by molar-refractivity contribution is 4.98. The van der Waals surface area contributed by atoms with Gasteiger partial charge in [0.15, 0.2) is 0 Å². The molecule has 0 aliphatic heterocycles. The molecule has 0 aliphatic rings. The average Bonchev–Trinajstić information content (AvgIpc) is 3.39. The third-order valence-electron chi connectivity index (χ3n) is 15.0. The molecule has 0 fully saturated rings. The number of aliphatic hydroxyl groups excluding tert-OH is 8. The van der Waals surface area contributed by atoms with Crippen molar-refractivity contribution in [2.24, 2.45) is 0 Å². The third-order valence-corrected chi connectivity index (χ3v) is 15.0. The Kier molecular flexibility index (Phi) is 55.1. The Morgan fingerprint density at radius 3 is 0.667 bits per heavy atom. The molecule has 0 aromatic rings. The Morgan fingerprint density at radius 2 is 0.472 bits per heavy atom. The molecule has 0 aromatic carbocycles. The summed E-state index contributed by atoms with van der Waals surface area (Å²) in [6.45, 7) is 7.22. The van der Waals surface area contributed by atoms with E-state index in [-0.39, 0.29) is 12.8 Å². The first-order valence-electron chi connectivity index (χ1n) is 30.8. The maximum absolute atomic E-state index is 11.3. The molecule has 0 aromatic heterocycles. The Balaban J connectivity index is 0. The average molecular weight is 1040 g/mol. The van der Waals surface area contributed by atoms with E-state index in [0.29, 0.717) is 26.1 Å². The number of unbranched alkanes of at least 4 members (excludes halogenated alkanes) is 36. The first-order chi connectivity index (χ1) is 34.9. The van der Waals surface area contributed by atoms with E-state index < -0.39 is 74.3 Å². The zero-order valence-corrected chi connectivity index (χ0v) is 47.7. The second-order valence-electron chi connectivity index (χ2n) is 21.7. The van der Waals surface area contributed by atoms with Gasteiger partial charge in [-0.1, -0.05) is 272 Å². The zero-order valence-electron chi connectivity index (χ0n) is 47.7. The largest absolute Gasteiger partial charge is 0.394 e. The molecule has 436 valence electrons. The van der Waals surface area contributed by atoms with Gasteiger partial charge in [0.1, 0.15) is 47.8 Å². The Bertz CT molecular complexity index is 978. The van der Waals surface area contributed by atoms with E-state index in [0.717, 1.165) is 77.0 Å². The number of hydrogen-bond acceptors (Lipinski definition) is 12. The van der Waals surface area contributed by atoms with Gasteiger partial charge in [0.05, 0.1) is 26.4 Å². The first-order valence-corrected chi connectivity index (χ1v) is 30.8. The van der Waals surface area contributed by atoms with Crippen LogP contribution in [0.3, 0.4) is 0 Å². The van der Waals surface area contributed by atoms with Gasteiger partial charge in [-0.3, -0.25) is 0 Å². The molecule has 0 aliphatic carbocycles. The van der Waals surface area contributed by atoms with Crippen molar-refractivity contribution in [1.82, 2.24) is 0 Å². The highest BCUT2D eigenvalue weighted by Gasteiger charge is 2.48. The van der Waals surface area contributed by atoms with E-state index in [1.54, 1.807) is 0 Å². The molecule has 0 amide bonds. The Hall–Kier alpha value is -0.480. The summed E-state index contributed by atoms with van der Waals surface area (Å²) in [5.41, 5.74) is -3.59.